The van der Waals surface area contributed by atoms with Gasteiger partial charge >= 0.3 is 0 Å². The molecule has 0 radical (unpaired) electrons. The highest BCUT2D eigenvalue weighted by Gasteiger charge is 2.18. The van der Waals surface area contributed by atoms with Crippen molar-refractivity contribution >= 4 is 15.9 Å². The highest BCUT2D eigenvalue weighted by atomic mass is 79.9. The summed E-state index contributed by atoms with van der Waals surface area (Å²) in [4.78, 5) is 4.22. The van der Waals surface area contributed by atoms with Gasteiger partial charge in [0.1, 0.15) is 5.75 Å². The number of nitrogens with zero attached hydrogens (tertiary/aromatic N) is 2. The van der Waals surface area contributed by atoms with Crippen molar-refractivity contribution in [3.8, 4) is 17.1 Å². The summed E-state index contributed by atoms with van der Waals surface area (Å²) >= 11 is 3.53. The van der Waals surface area contributed by atoms with Gasteiger partial charge in [0.25, 0.3) is 0 Å². The van der Waals surface area contributed by atoms with Crippen molar-refractivity contribution in [1.82, 2.24) is 10.1 Å². The van der Waals surface area contributed by atoms with Gasteiger partial charge < -0.3 is 15.0 Å². The van der Waals surface area contributed by atoms with Crippen molar-refractivity contribution in [2.24, 2.45) is 5.73 Å². The Balaban J connectivity index is 2.63. The molecule has 5 nitrogen and oxygen atoms in total. The quantitative estimate of drug-likeness (QED) is 0.943. The Labute approximate surface area is 113 Å². The minimum Gasteiger partial charge on any atom is -0.495 e. The van der Waals surface area contributed by atoms with Crippen molar-refractivity contribution in [2.75, 3.05) is 7.11 Å². The summed E-state index contributed by atoms with van der Waals surface area (Å²) in [6.07, 6.45) is 0. The summed E-state index contributed by atoms with van der Waals surface area (Å²) in [5.41, 5.74) is 8.49. The molecule has 0 saturated heterocycles. The number of halogens is 1. The molecule has 2 aromatic rings. The summed E-state index contributed by atoms with van der Waals surface area (Å²) < 4.78 is 11.3. The third-order valence-electron chi connectivity index (χ3n) is 2.81. The van der Waals surface area contributed by atoms with Crippen LogP contribution in [0.3, 0.4) is 0 Å². The maximum absolute atomic E-state index is 5.46. The van der Waals surface area contributed by atoms with Gasteiger partial charge in [0.2, 0.25) is 11.7 Å². The number of ether oxygens (including phenoxy) is 1. The van der Waals surface area contributed by atoms with Crippen molar-refractivity contribution in [1.29, 1.82) is 0 Å². The van der Waals surface area contributed by atoms with Crippen LogP contribution in [0.25, 0.3) is 11.4 Å². The van der Waals surface area contributed by atoms with E-state index in [1.807, 2.05) is 19.9 Å². The Kier molecular flexibility index (Phi) is 3.68. The Morgan fingerprint density at radius 3 is 2.72 bits per heavy atom. The van der Waals surface area contributed by atoms with Gasteiger partial charge in [-0.05, 0) is 47.0 Å². The maximum Gasteiger partial charge on any atom is 0.240 e. The molecule has 18 heavy (non-hydrogen) atoms. The number of aryl methyl sites for hydroxylation is 1. The number of hydrogen-bond donors (Lipinski definition) is 1. The molecule has 1 heterocycles. The summed E-state index contributed by atoms with van der Waals surface area (Å²) in [5.74, 6) is 1.58. The highest BCUT2D eigenvalue weighted by Crippen LogP contribution is 2.38. The molecule has 2 N–H and O–H groups in total. The zero-order valence-corrected chi connectivity index (χ0v) is 12.0. The molecule has 0 fully saturated rings. The number of hydrogen-bond acceptors (Lipinski definition) is 5. The summed E-state index contributed by atoms with van der Waals surface area (Å²) in [5, 5.41) is 3.91. The number of aromatic nitrogens is 2. The smallest absolute Gasteiger partial charge is 0.240 e. The van der Waals surface area contributed by atoms with Crippen molar-refractivity contribution in [3.05, 3.63) is 27.6 Å². The van der Waals surface area contributed by atoms with E-state index in [0.717, 1.165) is 21.2 Å². The van der Waals surface area contributed by atoms with Gasteiger partial charge in [0.05, 0.1) is 23.7 Å². The highest BCUT2D eigenvalue weighted by molar-refractivity contribution is 9.10. The van der Waals surface area contributed by atoms with Gasteiger partial charge in [-0.2, -0.15) is 4.98 Å². The number of rotatable bonds is 3. The van der Waals surface area contributed by atoms with E-state index < -0.39 is 0 Å². The lowest BCUT2D eigenvalue weighted by molar-refractivity contribution is 0.379. The van der Waals surface area contributed by atoms with Crippen LogP contribution in [0.15, 0.2) is 15.1 Å². The van der Waals surface area contributed by atoms with Crippen LogP contribution in [-0.4, -0.2) is 17.3 Å². The first-order valence-corrected chi connectivity index (χ1v) is 6.24. The van der Waals surface area contributed by atoms with Gasteiger partial charge in [0.15, 0.2) is 0 Å². The second-order valence-corrected chi connectivity index (χ2v) is 4.72. The van der Waals surface area contributed by atoms with E-state index in [1.165, 1.54) is 0 Å². The minimum absolute atomic E-state index is 0.224. The van der Waals surface area contributed by atoms with E-state index in [-0.39, 0.29) is 6.54 Å². The van der Waals surface area contributed by atoms with Gasteiger partial charge in [-0.1, -0.05) is 5.16 Å². The van der Waals surface area contributed by atoms with Crippen LogP contribution < -0.4 is 10.5 Å². The number of nitrogens with two attached hydrogens (primary N) is 1. The standard InChI is InChI=1S/C12H14BrN3O2/c1-6-4-8(11(17-3)10(13)7(6)2)12-15-9(5-14)18-16-12/h4H,5,14H2,1-3H3. The van der Waals surface area contributed by atoms with E-state index in [2.05, 4.69) is 26.1 Å². The van der Waals surface area contributed by atoms with Crippen LogP contribution in [-0.2, 0) is 6.54 Å². The molecule has 0 unspecified atom stereocenters. The zero-order chi connectivity index (χ0) is 13.3. The molecule has 0 spiro atoms. The first-order chi connectivity index (χ1) is 8.58. The topological polar surface area (TPSA) is 74.2 Å². The summed E-state index contributed by atoms with van der Waals surface area (Å²) in [7, 11) is 1.61. The van der Waals surface area contributed by atoms with Crippen LogP contribution in [0, 0.1) is 13.8 Å². The molecule has 0 aliphatic heterocycles. The first-order valence-electron chi connectivity index (χ1n) is 5.45. The molecule has 1 aromatic carbocycles. The zero-order valence-electron chi connectivity index (χ0n) is 10.5. The van der Waals surface area contributed by atoms with Gasteiger partial charge in [-0.25, -0.2) is 0 Å². The molecule has 6 heteroatoms. The molecule has 0 atom stereocenters. The van der Waals surface area contributed by atoms with Crippen LogP contribution in [0.5, 0.6) is 5.75 Å². The van der Waals surface area contributed by atoms with E-state index >= 15 is 0 Å². The SMILES string of the molecule is COc1c(-c2noc(CN)n2)cc(C)c(C)c1Br. The average molecular weight is 312 g/mol. The van der Waals surface area contributed by atoms with E-state index in [9.17, 15) is 0 Å². The largest absolute Gasteiger partial charge is 0.495 e. The molecular formula is C12H14BrN3O2. The lowest BCUT2D eigenvalue weighted by Crippen LogP contribution is -1.97. The molecule has 0 aliphatic carbocycles. The molecule has 0 amide bonds. The normalized spacial score (nSPS) is 10.7. The Morgan fingerprint density at radius 2 is 2.17 bits per heavy atom. The fourth-order valence-corrected chi connectivity index (χ4v) is 2.35. The molecule has 0 bridgehead atoms. The fraction of sp³-hybridized carbons (Fsp3) is 0.333. The second kappa shape index (κ2) is 5.07. The minimum atomic E-state index is 0.224. The predicted octanol–water partition coefficient (Wildman–Crippen LogP) is 2.58. The van der Waals surface area contributed by atoms with Gasteiger partial charge in [0, 0.05) is 0 Å². The third-order valence-corrected chi connectivity index (χ3v) is 3.77. The van der Waals surface area contributed by atoms with Crippen LogP contribution in [0.1, 0.15) is 17.0 Å². The molecule has 1 aromatic heterocycles. The molecule has 0 saturated carbocycles. The third kappa shape index (κ3) is 2.13. The van der Waals surface area contributed by atoms with Crippen molar-refractivity contribution in [3.63, 3.8) is 0 Å². The monoisotopic (exact) mass is 311 g/mol. The first kappa shape index (κ1) is 13.0. The Morgan fingerprint density at radius 1 is 1.44 bits per heavy atom. The molecular weight excluding hydrogens is 298 g/mol. The second-order valence-electron chi connectivity index (χ2n) is 3.93. The van der Waals surface area contributed by atoms with Crippen LogP contribution in [0.4, 0.5) is 0 Å². The molecule has 2 rings (SSSR count). The van der Waals surface area contributed by atoms with E-state index in [0.29, 0.717) is 17.5 Å². The van der Waals surface area contributed by atoms with Crippen molar-refractivity contribution in [2.45, 2.75) is 20.4 Å². The van der Waals surface area contributed by atoms with Gasteiger partial charge in [-0.3, -0.25) is 0 Å². The number of benzene rings is 1. The van der Waals surface area contributed by atoms with Crippen molar-refractivity contribution < 1.29 is 9.26 Å². The van der Waals surface area contributed by atoms with Gasteiger partial charge in [-0.15, -0.1) is 0 Å². The molecule has 0 aliphatic rings. The number of methoxy groups -OCH3 is 1. The molecule has 96 valence electrons. The Hall–Kier alpha value is -1.40. The fourth-order valence-electron chi connectivity index (χ4n) is 1.66. The summed E-state index contributed by atoms with van der Waals surface area (Å²) in [6, 6.07) is 1.98. The van der Waals surface area contributed by atoms with E-state index in [1.54, 1.807) is 7.11 Å². The van der Waals surface area contributed by atoms with Crippen LogP contribution in [0.2, 0.25) is 0 Å². The van der Waals surface area contributed by atoms with E-state index in [4.69, 9.17) is 15.0 Å². The van der Waals surface area contributed by atoms with Crippen LogP contribution >= 0.6 is 15.9 Å². The Bertz CT molecular complexity index is 581. The maximum atomic E-state index is 5.46. The summed E-state index contributed by atoms with van der Waals surface area (Å²) in [6.45, 7) is 4.27. The average Bonchev–Trinajstić information content (AvgIpc) is 2.84. The lowest BCUT2D eigenvalue weighted by atomic mass is 10.0. The lowest BCUT2D eigenvalue weighted by Gasteiger charge is -2.12. The predicted molar refractivity (Wildman–Crippen MR) is 71.4 cm³/mol.